The Morgan fingerprint density at radius 2 is 1.59 bits per heavy atom. The lowest BCUT2D eigenvalue weighted by molar-refractivity contribution is -0.117. The molecule has 0 saturated carbocycles. The van der Waals surface area contributed by atoms with Crippen LogP contribution in [0.25, 0.3) is 10.9 Å². The second-order valence-corrected chi connectivity index (χ2v) is 11.1. The number of aryl methyl sites for hydroxylation is 3. The molecule has 10 heteroatoms. The average molecular weight is 617 g/mol. The molecule has 10 nitrogen and oxygen atoms in total. The number of ether oxygens (including phenoxy) is 1. The van der Waals surface area contributed by atoms with Gasteiger partial charge < -0.3 is 25.6 Å². The molecular weight excluding hydrogens is 580 g/mol. The van der Waals surface area contributed by atoms with Gasteiger partial charge in [-0.25, -0.2) is 9.78 Å². The molecule has 0 aliphatic heterocycles. The number of carbonyl (C=O) groups is 3. The number of para-hydroxylation sites is 1. The number of nitrogens with zero attached hydrogens (tertiary/aromatic N) is 3. The lowest BCUT2D eigenvalue weighted by atomic mass is 10.0. The topological polar surface area (TPSA) is 126 Å². The van der Waals surface area contributed by atoms with Crippen LogP contribution in [0.1, 0.15) is 38.3 Å². The van der Waals surface area contributed by atoms with Gasteiger partial charge in [0, 0.05) is 53.1 Å². The van der Waals surface area contributed by atoms with Crippen LogP contribution in [0, 0.1) is 27.7 Å². The summed E-state index contributed by atoms with van der Waals surface area (Å²) in [5.74, 6) is 0.0704. The number of aromatic nitrogens is 2. The SMILES string of the molecule is Cc1cc(C)c2cccc(OCc3c(C)ccc(N(C)C(=O)CNC(=O)Nc4cccc(C(=O)Nc5ccncc5)c4)c3C)c2n1. The van der Waals surface area contributed by atoms with Crippen LogP contribution in [0.15, 0.2) is 85.2 Å². The number of hydrogen-bond acceptors (Lipinski definition) is 6. The number of amides is 4. The molecular formula is C36H36N6O4. The van der Waals surface area contributed by atoms with E-state index in [9.17, 15) is 14.4 Å². The molecule has 0 aliphatic carbocycles. The molecule has 4 amide bonds. The Kier molecular flexibility index (Phi) is 9.56. The van der Waals surface area contributed by atoms with Gasteiger partial charge >= 0.3 is 6.03 Å². The molecule has 0 radical (unpaired) electrons. The van der Waals surface area contributed by atoms with Crippen molar-refractivity contribution in [2.24, 2.45) is 0 Å². The summed E-state index contributed by atoms with van der Waals surface area (Å²) in [5, 5.41) is 9.12. The summed E-state index contributed by atoms with van der Waals surface area (Å²) in [7, 11) is 1.68. The van der Waals surface area contributed by atoms with Crippen molar-refractivity contribution in [1.29, 1.82) is 0 Å². The highest BCUT2D eigenvalue weighted by atomic mass is 16.5. The van der Waals surface area contributed by atoms with Crippen LogP contribution in [0.4, 0.5) is 21.9 Å². The molecule has 0 atom stereocenters. The third-order valence-electron chi connectivity index (χ3n) is 7.77. The maximum atomic E-state index is 13.1. The zero-order valence-corrected chi connectivity index (χ0v) is 26.5. The average Bonchev–Trinajstić information content (AvgIpc) is 3.04. The van der Waals surface area contributed by atoms with Crippen molar-refractivity contribution >= 4 is 45.8 Å². The number of fused-ring (bicyclic) bond motifs is 1. The molecule has 0 spiro atoms. The summed E-state index contributed by atoms with van der Waals surface area (Å²) in [6.45, 7) is 8.07. The number of hydrogen-bond donors (Lipinski definition) is 3. The predicted octanol–water partition coefficient (Wildman–Crippen LogP) is 6.48. The van der Waals surface area contributed by atoms with E-state index in [1.165, 1.54) is 4.90 Å². The van der Waals surface area contributed by atoms with E-state index in [4.69, 9.17) is 9.72 Å². The Labute approximate surface area is 267 Å². The van der Waals surface area contributed by atoms with Gasteiger partial charge in [0.15, 0.2) is 0 Å². The minimum Gasteiger partial charge on any atom is -0.487 e. The van der Waals surface area contributed by atoms with E-state index >= 15 is 0 Å². The highest BCUT2D eigenvalue weighted by Gasteiger charge is 2.18. The molecule has 2 aromatic heterocycles. The minimum atomic E-state index is -0.572. The second-order valence-electron chi connectivity index (χ2n) is 11.1. The van der Waals surface area contributed by atoms with Crippen molar-refractivity contribution in [3.8, 4) is 5.75 Å². The first-order chi connectivity index (χ1) is 22.1. The van der Waals surface area contributed by atoms with Gasteiger partial charge in [-0.15, -0.1) is 0 Å². The molecule has 3 aromatic carbocycles. The van der Waals surface area contributed by atoms with Crippen molar-refractivity contribution < 1.29 is 19.1 Å². The van der Waals surface area contributed by atoms with Crippen molar-refractivity contribution in [2.45, 2.75) is 34.3 Å². The lowest BCUT2D eigenvalue weighted by Gasteiger charge is -2.23. The van der Waals surface area contributed by atoms with Gasteiger partial charge in [-0.2, -0.15) is 0 Å². The van der Waals surface area contributed by atoms with Crippen LogP contribution >= 0.6 is 0 Å². The van der Waals surface area contributed by atoms with E-state index < -0.39 is 6.03 Å². The van der Waals surface area contributed by atoms with Gasteiger partial charge in [0.2, 0.25) is 5.91 Å². The van der Waals surface area contributed by atoms with Gasteiger partial charge in [0.1, 0.15) is 17.9 Å². The normalized spacial score (nSPS) is 10.7. The van der Waals surface area contributed by atoms with Crippen LogP contribution in [0.5, 0.6) is 5.75 Å². The van der Waals surface area contributed by atoms with Crippen LogP contribution < -0.4 is 25.6 Å². The molecule has 0 unspecified atom stereocenters. The van der Waals surface area contributed by atoms with E-state index in [1.807, 2.05) is 51.1 Å². The van der Waals surface area contributed by atoms with E-state index in [-0.39, 0.29) is 18.4 Å². The number of urea groups is 1. The third-order valence-corrected chi connectivity index (χ3v) is 7.77. The monoisotopic (exact) mass is 616 g/mol. The Bertz CT molecular complexity index is 1930. The summed E-state index contributed by atoms with van der Waals surface area (Å²) >= 11 is 0. The highest BCUT2D eigenvalue weighted by Crippen LogP contribution is 2.30. The first kappa shape index (κ1) is 31.6. The summed E-state index contributed by atoms with van der Waals surface area (Å²) < 4.78 is 6.30. The van der Waals surface area contributed by atoms with E-state index in [1.54, 1.807) is 55.8 Å². The quantitative estimate of drug-likeness (QED) is 0.174. The summed E-state index contributed by atoms with van der Waals surface area (Å²) in [4.78, 5) is 48.6. The molecule has 0 aliphatic rings. The first-order valence-electron chi connectivity index (χ1n) is 14.8. The number of rotatable bonds is 9. The van der Waals surface area contributed by atoms with Crippen molar-refractivity contribution in [3.63, 3.8) is 0 Å². The molecule has 0 saturated heterocycles. The zero-order chi connectivity index (χ0) is 32.8. The molecule has 234 valence electrons. The van der Waals surface area contributed by atoms with Gasteiger partial charge in [-0.05, 0) is 98.5 Å². The highest BCUT2D eigenvalue weighted by molar-refractivity contribution is 6.05. The lowest BCUT2D eigenvalue weighted by Crippen LogP contribution is -2.40. The zero-order valence-electron chi connectivity index (χ0n) is 26.5. The molecule has 5 rings (SSSR count). The van der Waals surface area contributed by atoms with Crippen molar-refractivity contribution in [3.05, 3.63) is 119 Å². The molecule has 46 heavy (non-hydrogen) atoms. The number of pyridine rings is 2. The number of nitrogens with one attached hydrogen (secondary N) is 3. The summed E-state index contributed by atoms with van der Waals surface area (Å²) in [6, 6.07) is 21.1. The van der Waals surface area contributed by atoms with Gasteiger partial charge in [-0.3, -0.25) is 14.6 Å². The molecule has 2 heterocycles. The fourth-order valence-electron chi connectivity index (χ4n) is 5.25. The van der Waals surface area contributed by atoms with Gasteiger partial charge in [0.25, 0.3) is 5.91 Å². The second kappa shape index (κ2) is 13.9. The van der Waals surface area contributed by atoms with Crippen LogP contribution in [-0.4, -0.2) is 41.4 Å². The number of likely N-dealkylation sites (N-methyl/N-ethyl adjacent to an activating group) is 1. The fraction of sp³-hybridized carbons (Fsp3) is 0.194. The largest absolute Gasteiger partial charge is 0.487 e. The van der Waals surface area contributed by atoms with Crippen LogP contribution in [0.3, 0.4) is 0 Å². The predicted molar refractivity (Wildman–Crippen MR) is 181 cm³/mol. The number of carbonyl (C=O) groups excluding carboxylic acids is 3. The Balaban J connectivity index is 1.20. The van der Waals surface area contributed by atoms with Crippen molar-refractivity contribution in [2.75, 3.05) is 29.1 Å². The smallest absolute Gasteiger partial charge is 0.319 e. The standard InChI is InChI=1S/C36H36N6O4/c1-22-12-13-31(25(4)30(22)21-46-32-11-7-10-29-23(2)18-24(3)39-34(29)32)42(5)33(43)20-38-36(45)41-28-9-6-8-26(19-28)35(44)40-27-14-16-37-17-15-27/h6-19H,20-21H2,1-5H3,(H,37,40,44)(H2,38,41,45). The van der Waals surface area contributed by atoms with E-state index in [0.717, 1.165) is 38.9 Å². The summed E-state index contributed by atoms with van der Waals surface area (Å²) in [5.41, 5.74) is 7.90. The maximum absolute atomic E-state index is 13.1. The van der Waals surface area contributed by atoms with Gasteiger partial charge in [-0.1, -0.05) is 24.3 Å². The fourth-order valence-corrected chi connectivity index (χ4v) is 5.25. The van der Waals surface area contributed by atoms with Gasteiger partial charge in [0.05, 0.1) is 6.54 Å². The van der Waals surface area contributed by atoms with E-state index in [2.05, 4.69) is 33.9 Å². The van der Waals surface area contributed by atoms with Crippen molar-refractivity contribution in [1.82, 2.24) is 15.3 Å². The van der Waals surface area contributed by atoms with E-state index in [0.29, 0.717) is 35.0 Å². The van der Waals surface area contributed by atoms with Crippen LogP contribution in [0.2, 0.25) is 0 Å². The van der Waals surface area contributed by atoms with Crippen LogP contribution in [-0.2, 0) is 11.4 Å². The Hall–Kier alpha value is -5.77. The number of benzene rings is 3. The Morgan fingerprint density at radius 1 is 0.826 bits per heavy atom. The first-order valence-corrected chi connectivity index (χ1v) is 14.8. The molecule has 0 fully saturated rings. The molecule has 3 N–H and O–H groups in total. The third kappa shape index (κ3) is 7.29. The maximum Gasteiger partial charge on any atom is 0.319 e. The Morgan fingerprint density at radius 3 is 2.37 bits per heavy atom. The molecule has 5 aromatic rings. The molecule has 0 bridgehead atoms. The summed E-state index contributed by atoms with van der Waals surface area (Å²) in [6.07, 6.45) is 3.16. The minimum absolute atomic E-state index is 0.232. The number of anilines is 3.